The van der Waals surface area contributed by atoms with Crippen LogP contribution in [-0.2, 0) is 11.3 Å². The van der Waals surface area contributed by atoms with Crippen molar-refractivity contribution in [2.75, 3.05) is 6.61 Å². The van der Waals surface area contributed by atoms with Gasteiger partial charge in [0.2, 0.25) is 0 Å². The van der Waals surface area contributed by atoms with E-state index >= 15 is 0 Å². The number of rotatable bonds is 6. The molecule has 4 nitrogen and oxygen atoms in total. The summed E-state index contributed by atoms with van der Waals surface area (Å²) >= 11 is 0. The molecule has 0 bridgehead atoms. The van der Waals surface area contributed by atoms with Crippen LogP contribution < -0.4 is 0 Å². The van der Waals surface area contributed by atoms with Gasteiger partial charge in [0, 0.05) is 5.39 Å². The summed E-state index contributed by atoms with van der Waals surface area (Å²) in [5.74, 6) is -0.640. The molecule has 19 heavy (non-hydrogen) atoms. The molecular formula is C15H16O4. The van der Waals surface area contributed by atoms with Crippen molar-refractivity contribution in [1.29, 1.82) is 0 Å². The first-order valence-electron chi connectivity index (χ1n) is 6.05. The number of hydrogen-bond donors (Lipinski definition) is 1. The van der Waals surface area contributed by atoms with E-state index in [0.29, 0.717) is 23.3 Å². The minimum Gasteiger partial charge on any atom is -0.478 e. The normalized spacial score (nSPS) is 10.8. The van der Waals surface area contributed by atoms with Crippen molar-refractivity contribution in [2.24, 2.45) is 0 Å². The lowest BCUT2D eigenvalue weighted by molar-refractivity contribution is 0.0682. The third-order valence-electron chi connectivity index (χ3n) is 2.79. The van der Waals surface area contributed by atoms with E-state index in [1.807, 2.05) is 13.0 Å². The van der Waals surface area contributed by atoms with E-state index in [1.165, 1.54) is 0 Å². The van der Waals surface area contributed by atoms with Crippen LogP contribution in [-0.4, -0.2) is 17.7 Å². The number of furan rings is 1. The average Bonchev–Trinajstić information content (AvgIpc) is 2.72. The van der Waals surface area contributed by atoms with E-state index in [2.05, 4.69) is 6.58 Å². The summed E-state index contributed by atoms with van der Waals surface area (Å²) in [6, 6.07) is 7.08. The van der Waals surface area contributed by atoms with Crippen LogP contribution in [0.1, 0.15) is 29.5 Å². The van der Waals surface area contributed by atoms with Crippen LogP contribution in [0, 0.1) is 0 Å². The topological polar surface area (TPSA) is 59.7 Å². The first-order chi connectivity index (χ1) is 9.09. The second-order valence-electron chi connectivity index (χ2n) is 4.46. The zero-order valence-electron chi connectivity index (χ0n) is 10.8. The molecule has 1 aromatic heterocycles. The van der Waals surface area contributed by atoms with Gasteiger partial charge < -0.3 is 14.3 Å². The molecule has 100 valence electrons. The Hall–Kier alpha value is -2.07. The highest BCUT2D eigenvalue weighted by atomic mass is 16.5. The molecule has 0 aliphatic carbocycles. The molecule has 0 aliphatic rings. The highest BCUT2D eigenvalue weighted by Gasteiger charge is 2.19. The Labute approximate surface area is 111 Å². The number of hydrogen-bond acceptors (Lipinski definition) is 3. The Kier molecular flexibility index (Phi) is 4.02. The lowest BCUT2D eigenvalue weighted by Gasteiger charge is -2.02. The van der Waals surface area contributed by atoms with E-state index in [-0.39, 0.29) is 12.2 Å². The van der Waals surface area contributed by atoms with Gasteiger partial charge in [-0.15, -0.1) is 6.58 Å². The summed E-state index contributed by atoms with van der Waals surface area (Å²) in [5.41, 5.74) is 1.78. The van der Waals surface area contributed by atoms with Crippen LogP contribution in [0.25, 0.3) is 11.0 Å². The lowest BCUT2D eigenvalue weighted by atomic mass is 10.1. The number of para-hydroxylation sites is 1. The third-order valence-corrected chi connectivity index (χ3v) is 2.79. The summed E-state index contributed by atoms with van der Waals surface area (Å²) in [6.45, 7) is 6.37. The van der Waals surface area contributed by atoms with Crippen molar-refractivity contribution in [3.63, 3.8) is 0 Å². The number of carboxylic acids is 1. The van der Waals surface area contributed by atoms with Gasteiger partial charge in [-0.05, 0) is 19.4 Å². The zero-order chi connectivity index (χ0) is 13.8. The Morgan fingerprint density at radius 3 is 2.84 bits per heavy atom. The number of carbonyl (C=O) groups is 1. The van der Waals surface area contributed by atoms with E-state index in [1.54, 1.807) is 18.2 Å². The maximum absolute atomic E-state index is 11.3. The smallest absolute Gasteiger partial charge is 0.340 e. The molecule has 2 aromatic rings. The molecule has 0 radical (unpaired) electrons. The maximum Gasteiger partial charge on any atom is 0.340 e. The second kappa shape index (κ2) is 5.71. The molecule has 0 atom stereocenters. The predicted octanol–water partition coefficient (Wildman–Crippen LogP) is 3.61. The van der Waals surface area contributed by atoms with Gasteiger partial charge in [-0.2, -0.15) is 0 Å². The summed E-state index contributed by atoms with van der Waals surface area (Å²) in [7, 11) is 0. The van der Waals surface area contributed by atoms with Crippen LogP contribution in [0.2, 0.25) is 0 Å². The molecule has 1 N–H and O–H groups in total. The van der Waals surface area contributed by atoms with E-state index in [4.69, 9.17) is 9.15 Å². The molecule has 1 heterocycles. The van der Waals surface area contributed by atoms with Crippen LogP contribution in [0.3, 0.4) is 0 Å². The van der Waals surface area contributed by atoms with E-state index in [9.17, 15) is 9.90 Å². The molecule has 0 saturated heterocycles. The summed E-state index contributed by atoms with van der Waals surface area (Å²) in [6.07, 6.45) is 0.753. The van der Waals surface area contributed by atoms with Crippen LogP contribution >= 0.6 is 0 Å². The first-order valence-corrected chi connectivity index (χ1v) is 6.05. The number of carboxylic acid groups (broad SMARTS) is 1. The largest absolute Gasteiger partial charge is 0.478 e. The van der Waals surface area contributed by atoms with Gasteiger partial charge in [0.05, 0.1) is 6.61 Å². The van der Waals surface area contributed by atoms with Gasteiger partial charge in [0.1, 0.15) is 23.5 Å². The molecule has 1 aromatic carbocycles. The third kappa shape index (κ3) is 3.03. The van der Waals surface area contributed by atoms with Crippen molar-refractivity contribution in [3.8, 4) is 0 Å². The van der Waals surface area contributed by atoms with Gasteiger partial charge in [0.15, 0.2) is 0 Å². The van der Waals surface area contributed by atoms with Crippen molar-refractivity contribution >= 4 is 16.9 Å². The van der Waals surface area contributed by atoms with Gasteiger partial charge in [-0.1, -0.05) is 23.8 Å². The first kappa shape index (κ1) is 13.4. The Bertz CT molecular complexity index is 610. The Morgan fingerprint density at radius 2 is 2.16 bits per heavy atom. The summed E-state index contributed by atoms with van der Waals surface area (Å²) < 4.78 is 11.0. The summed E-state index contributed by atoms with van der Waals surface area (Å²) in [5, 5.41) is 9.87. The minimum absolute atomic E-state index is 0.156. The van der Waals surface area contributed by atoms with Crippen molar-refractivity contribution in [2.45, 2.75) is 20.0 Å². The minimum atomic E-state index is -0.997. The molecule has 0 fully saturated rings. The van der Waals surface area contributed by atoms with Crippen LogP contribution in [0.15, 0.2) is 40.8 Å². The molecule has 4 heteroatoms. The summed E-state index contributed by atoms with van der Waals surface area (Å²) in [4.78, 5) is 11.3. The monoisotopic (exact) mass is 260 g/mol. The fourth-order valence-corrected chi connectivity index (χ4v) is 1.84. The molecule has 0 saturated carbocycles. The van der Waals surface area contributed by atoms with Crippen LogP contribution in [0.4, 0.5) is 0 Å². The SMILES string of the molecule is C=C(C)CCOCc1oc2ccccc2c1C(=O)O. The van der Waals surface area contributed by atoms with Gasteiger partial charge in [-0.3, -0.25) is 0 Å². The number of ether oxygens (including phenoxy) is 1. The molecule has 2 rings (SSSR count). The lowest BCUT2D eigenvalue weighted by Crippen LogP contribution is -2.02. The van der Waals surface area contributed by atoms with Gasteiger partial charge >= 0.3 is 5.97 Å². The zero-order valence-corrected chi connectivity index (χ0v) is 10.8. The fraction of sp³-hybridized carbons (Fsp3) is 0.267. The second-order valence-corrected chi connectivity index (χ2v) is 4.46. The van der Waals surface area contributed by atoms with Gasteiger partial charge in [-0.25, -0.2) is 4.79 Å². The molecular weight excluding hydrogens is 244 g/mol. The van der Waals surface area contributed by atoms with Gasteiger partial charge in [0.25, 0.3) is 0 Å². The highest BCUT2D eigenvalue weighted by Crippen LogP contribution is 2.26. The predicted molar refractivity (Wildman–Crippen MR) is 72.3 cm³/mol. The number of aromatic carboxylic acids is 1. The highest BCUT2D eigenvalue weighted by molar-refractivity contribution is 6.03. The number of benzene rings is 1. The fourth-order valence-electron chi connectivity index (χ4n) is 1.84. The molecule has 0 aliphatic heterocycles. The molecule has 0 amide bonds. The standard InChI is InChI=1S/C15H16O4/c1-10(2)7-8-18-9-13-14(15(16)17)11-5-3-4-6-12(11)19-13/h3-6H,1,7-9H2,2H3,(H,16,17). The average molecular weight is 260 g/mol. The Balaban J connectivity index is 2.20. The van der Waals surface area contributed by atoms with Crippen molar-refractivity contribution in [3.05, 3.63) is 47.7 Å². The Morgan fingerprint density at radius 1 is 1.42 bits per heavy atom. The number of fused-ring (bicyclic) bond motifs is 1. The quantitative estimate of drug-likeness (QED) is 0.636. The van der Waals surface area contributed by atoms with E-state index < -0.39 is 5.97 Å². The van der Waals surface area contributed by atoms with E-state index in [0.717, 1.165) is 12.0 Å². The maximum atomic E-state index is 11.3. The van der Waals surface area contributed by atoms with Crippen molar-refractivity contribution in [1.82, 2.24) is 0 Å². The van der Waals surface area contributed by atoms with Crippen LogP contribution in [0.5, 0.6) is 0 Å². The van der Waals surface area contributed by atoms with Crippen molar-refractivity contribution < 1.29 is 19.1 Å². The molecule has 0 unspecified atom stereocenters. The molecule has 0 spiro atoms.